The molecule has 0 unspecified atom stereocenters. The topological polar surface area (TPSA) is 59.4 Å². The van der Waals surface area contributed by atoms with Crippen molar-refractivity contribution in [1.82, 2.24) is 9.97 Å². The number of hydrogen-bond donors (Lipinski definition) is 1. The molecule has 0 radical (unpaired) electrons. The van der Waals surface area contributed by atoms with Crippen LogP contribution in [0, 0.1) is 0 Å². The van der Waals surface area contributed by atoms with Gasteiger partial charge in [-0.15, -0.1) is 11.3 Å². The number of hydrogen-bond acceptors (Lipinski definition) is 6. The highest BCUT2D eigenvalue weighted by molar-refractivity contribution is 7.14. The molecule has 0 spiro atoms. The Morgan fingerprint density at radius 1 is 1.26 bits per heavy atom. The van der Waals surface area contributed by atoms with E-state index >= 15 is 0 Å². The molecule has 3 aromatic rings. The summed E-state index contributed by atoms with van der Waals surface area (Å²) in [6.45, 7) is 1.93. The molecule has 2 aromatic heterocycles. The molecule has 0 amide bonds. The predicted octanol–water partition coefficient (Wildman–Crippen LogP) is 4.05. The molecule has 0 aliphatic heterocycles. The van der Waals surface area contributed by atoms with Crippen LogP contribution >= 0.6 is 11.3 Å². The van der Waals surface area contributed by atoms with Crippen molar-refractivity contribution in [3.63, 3.8) is 0 Å². The number of hydrazone groups is 1. The Kier molecular flexibility index (Phi) is 4.63. The van der Waals surface area contributed by atoms with Crippen LogP contribution in [-0.2, 0) is 0 Å². The number of benzene rings is 1. The fourth-order valence-corrected chi connectivity index (χ4v) is 2.67. The van der Waals surface area contributed by atoms with Crippen molar-refractivity contribution in [1.29, 1.82) is 0 Å². The molecule has 1 aromatic carbocycles. The predicted molar refractivity (Wildman–Crippen MR) is 94.2 cm³/mol. The minimum absolute atomic E-state index is 0.742. The number of anilines is 1. The smallest absolute Gasteiger partial charge is 0.203 e. The van der Waals surface area contributed by atoms with Crippen LogP contribution in [0.4, 0.5) is 5.13 Å². The van der Waals surface area contributed by atoms with Gasteiger partial charge in [-0.3, -0.25) is 10.4 Å². The van der Waals surface area contributed by atoms with Crippen LogP contribution in [0.5, 0.6) is 5.75 Å². The lowest BCUT2D eigenvalue weighted by Gasteiger charge is -2.02. The summed E-state index contributed by atoms with van der Waals surface area (Å²) in [5, 5.41) is 7.09. The third kappa shape index (κ3) is 3.73. The Labute approximate surface area is 138 Å². The summed E-state index contributed by atoms with van der Waals surface area (Å²) < 4.78 is 5.24. The number of nitrogens with zero attached hydrogens (tertiary/aromatic N) is 3. The van der Waals surface area contributed by atoms with Crippen LogP contribution in [-0.4, -0.2) is 22.8 Å². The molecular weight excluding hydrogens is 308 g/mol. The molecule has 0 fully saturated rings. The lowest BCUT2D eigenvalue weighted by molar-refractivity contribution is 0.415. The van der Waals surface area contributed by atoms with E-state index in [1.54, 1.807) is 19.5 Å². The number of thiazole rings is 1. The third-order valence-electron chi connectivity index (χ3n) is 3.27. The number of rotatable bonds is 5. The fourth-order valence-electron chi connectivity index (χ4n) is 2.01. The van der Waals surface area contributed by atoms with Crippen LogP contribution in [0.15, 0.2) is 59.3 Å². The van der Waals surface area contributed by atoms with Gasteiger partial charge >= 0.3 is 0 Å². The van der Waals surface area contributed by atoms with E-state index in [2.05, 4.69) is 20.5 Å². The highest BCUT2D eigenvalue weighted by atomic mass is 32.1. The molecule has 0 atom stereocenters. The van der Waals surface area contributed by atoms with Crippen molar-refractivity contribution in [2.24, 2.45) is 5.10 Å². The number of methoxy groups -OCH3 is 1. The normalized spacial score (nSPS) is 11.3. The van der Waals surface area contributed by atoms with E-state index < -0.39 is 0 Å². The second kappa shape index (κ2) is 7.02. The molecule has 116 valence electrons. The van der Waals surface area contributed by atoms with Crippen LogP contribution in [0.3, 0.4) is 0 Å². The Balaban J connectivity index is 1.74. The van der Waals surface area contributed by atoms with Crippen molar-refractivity contribution < 1.29 is 4.74 Å². The maximum atomic E-state index is 5.24. The first-order valence-corrected chi connectivity index (χ1v) is 7.95. The number of ether oxygens (including phenoxy) is 1. The van der Waals surface area contributed by atoms with Gasteiger partial charge in [-0.25, -0.2) is 4.98 Å². The van der Waals surface area contributed by atoms with Gasteiger partial charge in [0.15, 0.2) is 0 Å². The first-order chi connectivity index (χ1) is 11.3. The summed E-state index contributed by atoms with van der Waals surface area (Å²) in [6.07, 6.45) is 3.52. The average molecular weight is 324 g/mol. The van der Waals surface area contributed by atoms with Gasteiger partial charge < -0.3 is 4.74 Å². The molecule has 5 nitrogen and oxygen atoms in total. The van der Waals surface area contributed by atoms with Crippen LogP contribution in [0.2, 0.25) is 0 Å². The van der Waals surface area contributed by atoms with Gasteiger partial charge in [0.1, 0.15) is 5.75 Å². The summed E-state index contributed by atoms with van der Waals surface area (Å²) in [5.74, 6) is 0.815. The lowest BCUT2D eigenvalue weighted by atomic mass is 10.2. The van der Waals surface area contributed by atoms with Gasteiger partial charge in [0.2, 0.25) is 5.13 Å². The maximum absolute atomic E-state index is 5.24. The van der Waals surface area contributed by atoms with Crippen molar-refractivity contribution >= 4 is 22.2 Å². The largest absolute Gasteiger partial charge is 0.497 e. The molecule has 3 rings (SSSR count). The summed E-state index contributed by atoms with van der Waals surface area (Å²) in [6, 6.07) is 11.7. The third-order valence-corrected chi connectivity index (χ3v) is 4.02. The van der Waals surface area contributed by atoms with Gasteiger partial charge in [0.05, 0.1) is 18.5 Å². The van der Waals surface area contributed by atoms with Crippen molar-refractivity contribution in [2.45, 2.75) is 6.92 Å². The molecule has 0 saturated heterocycles. The molecular formula is C17H16N4OS. The van der Waals surface area contributed by atoms with Crippen LogP contribution in [0.25, 0.3) is 11.3 Å². The van der Waals surface area contributed by atoms with Crippen molar-refractivity contribution in [3.05, 3.63) is 59.7 Å². The van der Waals surface area contributed by atoms with Gasteiger partial charge in [0, 0.05) is 28.9 Å². The highest BCUT2D eigenvalue weighted by Gasteiger charge is 2.05. The Morgan fingerprint density at radius 2 is 2.17 bits per heavy atom. The number of pyridine rings is 1. The molecule has 0 saturated carbocycles. The summed E-state index contributed by atoms with van der Waals surface area (Å²) in [7, 11) is 1.66. The van der Waals surface area contributed by atoms with E-state index in [9.17, 15) is 0 Å². The van der Waals surface area contributed by atoms with Gasteiger partial charge in [0.25, 0.3) is 0 Å². The Morgan fingerprint density at radius 3 is 2.96 bits per heavy atom. The van der Waals surface area contributed by atoms with E-state index in [0.29, 0.717) is 0 Å². The molecule has 23 heavy (non-hydrogen) atoms. The molecule has 0 bridgehead atoms. The number of aromatic nitrogens is 2. The summed E-state index contributed by atoms with van der Waals surface area (Å²) >= 11 is 1.51. The zero-order valence-electron chi connectivity index (χ0n) is 12.9. The zero-order valence-corrected chi connectivity index (χ0v) is 13.7. The highest BCUT2D eigenvalue weighted by Crippen LogP contribution is 2.27. The molecule has 1 N–H and O–H groups in total. The standard InChI is InChI=1S/C17H16N4OS/c1-12(14-6-4-8-18-10-14)20-21-17-19-16(11-23-17)13-5-3-7-15(9-13)22-2/h3-11H,1-2H3,(H,19,21)/b20-12+. The lowest BCUT2D eigenvalue weighted by Crippen LogP contribution is -1.99. The quantitative estimate of drug-likeness (QED) is 0.568. The molecule has 6 heteroatoms. The Hall–Kier alpha value is -2.73. The zero-order chi connectivity index (χ0) is 16.1. The fraction of sp³-hybridized carbons (Fsp3) is 0.118. The Bertz CT molecular complexity index is 814. The van der Waals surface area contributed by atoms with Crippen molar-refractivity contribution in [2.75, 3.05) is 12.5 Å². The minimum Gasteiger partial charge on any atom is -0.497 e. The first kappa shape index (κ1) is 15.2. The van der Waals surface area contributed by atoms with Crippen LogP contribution in [0.1, 0.15) is 12.5 Å². The van der Waals surface area contributed by atoms with Gasteiger partial charge in [-0.1, -0.05) is 18.2 Å². The summed E-state index contributed by atoms with van der Waals surface area (Å²) in [5.41, 5.74) is 6.74. The van der Waals surface area contributed by atoms with E-state index in [1.807, 2.05) is 48.7 Å². The summed E-state index contributed by atoms with van der Waals surface area (Å²) in [4.78, 5) is 8.64. The second-order valence-corrected chi connectivity index (χ2v) is 5.68. The van der Waals surface area contributed by atoms with Crippen molar-refractivity contribution in [3.8, 4) is 17.0 Å². The second-order valence-electron chi connectivity index (χ2n) is 4.82. The van der Waals surface area contributed by atoms with Gasteiger partial charge in [-0.05, 0) is 25.1 Å². The average Bonchev–Trinajstić information content (AvgIpc) is 3.09. The van der Waals surface area contributed by atoms with E-state index in [4.69, 9.17) is 4.74 Å². The molecule has 2 heterocycles. The number of nitrogens with one attached hydrogen (secondary N) is 1. The van der Waals surface area contributed by atoms with Crippen LogP contribution < -0.4 is 10.2 Å². The van der Waals surface area contributed by atoms with E-state index in [1.165, 1.54) is 11.3 Å². The minimum atomic E-state index is 0.742. The first-order valence-electron chi connectivity index (χ1n) is 7.07. The molecule has 0 aliphatic rings. The van der Waals surface area contributed by atoms with E-state index in [0.717, 1.165) is 33.4 Å². The molecule has 0 aliphatic carbocycles. The van der Waals surface area contributed by atoms with Gasteiger partial charge in [-0.2, -0.15) is 5.10 Å². The maximum Gasteiger partial charge on any atom is 0.203 e. The van der Waals surface area contributed by atoms with E-state index in [-0.39, 0.29) is 0 Å². The monoisotopic (exact) mass is 324 g/mol. The SMILES string of the molecule is COc1cccc(-c2csc(N/N=C(\C)c3cccnc3)n2)c1.